The van der Waals surface area contributed by atoms with Crippen molar-refractivity contribution < 1.29 is 8.42 Å². The molecule has 0 unspecified atom stereocenters. The van der Waals surface area contributed by atoms with Crippen LogP contribution < -0.4 is 0 Å². The Bertz CT molecular complexity index is 867. The fourth-order valence-corrected chi connectivity index (χ4v) is 3.86. The lowest BCUT2D eigenvalue weighted by atomic mass is 9.87. The molecule has 0 atom stereocenters. The summed E-state index contributed by atoms with van der Waals surface area (Å²) in [4.78, 5) is 0.351. The van der Waals surface area contributed by atoms with Gasteiger partial charge in [0.1, 0.15) is 0 Å². The maximum absolute atomic E-state index is 11.7. The normalized spacial score (nSPS) is 18.6. The third-order valence-corrected chi connectivity index (χ3v) is 5.88. The smallest absolute Gasteiger partial charge is 0.175 e. The van der Waals surface area contributed by atoms with Crippen molar-refractivity contribution in [2.45, 2.75) is 38.5 Å². The molecule has 134 valence electrons. The SMILES string of the molecule is C=C/C(Cl)=C\C=C(/C)C1=C(c2ccc(S(C)(=O)=O)cc2)CC(C)(C)C1. The molecule has 2 nitrogen and oxygen atoms in total. The van der Waals surface area contributed by atoms with Crippen LogP contribution in [-0.4, -0.2) is 14.7 Å². The van der Waals surface area contributed by atoms with Crippen LogP contribution in [-0.2, 0) is 9.84 Å². The Hall–Kier alpha value is -1.58. The van der Waals surface area contributed by atoms with E-state index >= 15 is 0 Å². The van der Waals surface area contributed by atoms with E-state index in [1.165, 1.54) is 23.0 Å². The third-order valence-electron chi connectivity index (χ3n) is 4.47. The Labute approximate surface area is 156 Å². The summed E-state index contributed by atoms with van der Waals surface area (Å²) in [5.74, 6) is 0. The molecule has 0 saturated heterocycles. The van der Waals surface area contributed by atoms with E-state index < -0.39 is 9.84 Å². The van der Waals surface area contributed by atoms with Gasteiger partial charge in [0.15, 0.2) is 9.84 Å². The van der Waals surface area contributed by atoms with Gasteiger partial charge in [0.2, 0.25) is 0 Å². The van der Waals surface area contributed by atoms with Crippen LogP contribution >= 0.6 is 11.6 Å². The van der Waals surface area contributed by atoms with Crippen LogP contribution in [0, 0.1) is 5.41 Å². The minimum Gasteiger partial charge on any atom is -0.224 e. The fourth-order valence-electron chi connectivity index (χ4n) is 3.16. The number of halogens is 1. The van der Waals surface area contributed by atoms with Gasteiger partial charge in [0, 0.05) is 11.3 Å². The molecular formula is C21H25ClO2S. The summed E-state index contributed by atoms with van der Waals surface area (Å²) in [6, 6.07) is 7.20. The minimum atomic E-state index is -3.18. The van der Waals surface area contributed by atoms with Crippen LogP contribution in [0.15, 0.2) is 70.1 Å². The molecule has 2 rings (SSSR count). The molecule has 1 aliphatic rings. The molecule has 4 heteroatoms. The van der Waals surface area contributed by atoms with Crippen LogP contribution in [0.4, 0.5) is 0 Å². The molecule has 0 saturated carbocycles. The van der Waals surface area contributed by atoms with E-state index in [4.69, 9.17) is 11.6 Å². The first kappa shape index (κ1) is 19.7. The van der Waals surface area contributed by atoms with Crippen molar-refractivity contribution in [3.63, 3.8) is 0 Å². The molecule has 0 fully saturated rings. The molecule has 25 heavy (non-hydrogen) atoms. The lowest BCUT2D eigenvalue weighted by Gasteiger charge is -2.17. The highest BCUT2D eigenvalue weighted by atomic mass is 35.5. The molecular weight excluding hydrogens is 352 g/mol. The van der Waals surface area contributed by atoms with Gasteiger partial charge in [0.25, 0.3) is 0 Å². The van der Waals surface area contributed by atoms with Gasteiger partial charge in [-0.15, -0.1) is 0 Å². The molecule has 0 aromatic heterocycles. The standard InChI is InChI=1S/C21H25ClO2S/c1-6-17(22)10-7-15(2)19-13-21(3,4)14-20(19)16-8-11-18(12-9-16)25(5,23)24/h6-12H,1,13-14H2,2-5H3/b15-7+,17-10+. The van der Waals surface area contributed by atoms with Crippen molar-refractivity contribution in [1.29, 1.82) is 0 Å². The summed E-state index contributed by atoms with van der Waals surface area (Å²) in [6.45, 7) is 10.3. The zero-order valence-corrected chi connectivity index (χ0v) is 16.8. The second kappa shape index (κ2) is 7.35. The maximum Gasteiger partial charge on any atom is 0.175 e. The van der Waals surface area contributed by atoms with E-state index in [1.807, 2.05) is 24.3 Å². The van der Waals surface area contributed by atoms with Gasteiger partial charge < -0.3 is 0 Å². The second-order valence-corrected chi connectivity index (χ2v) is 9.83. The molecule has 0 heterocycles. The quantitative estimate of drug-likeness (QED) is 0.598. The molecule has 0 spiro atoms. The molecule has 1 aromatic rings. The van der Waals surface area contributed by atoms with Crippen LogP contribution in [0.5, 0.6) is 0 Å². The zero-order chi connectivity index (χ0) is 18.8. The molecule has 1 aliphatic carbocycles. The monoisotopic (exact) mass is 376 g/mol. The largest absolute Gasteiger partial charge is 0.224 e. The minimum absolute atomic E-state index is 0.182. The lowest BCUT2D eigenvalue weighted by Crippen LogP contribution is -2.05. The summed E-state index contributed by atoms with van der Waals surface area (Å²) in [5.41, 5.74) is 5.03. The van der Waals surface area contributed by atoms with Gasteiger partial charge in [-0.25, -0.2) is 8.42 Å². The van der Waals surface area contributed by atoms with Crippen LogP contribution in [0.25, 0.3) is 5.57 Å². The number of sulfone groups is 1. The fraction of sp³-hybridized carbons (Fsp3) is 0.333. The average Bonchev–Trinajstić information content (AvgIpc) is 2.87. The highest BCUT2D eigenvalue weighted by Gasteiger charge is 2.31. The van der Waals surface area contributed by atoms with Crippen LogP contribution in [0.3, 0.4) is 0 Å². The van der Waals surface area contributed by atoms with Crippen molar-refractivity contribution >= 4 is 27.0 Å². The Morgan fingerprint density at radius 2 is 1.76 bits per heavy atom. The van der Waals surface area contributed by atoms with Gasteiger partial charge >= 0.3 is 0 Å². The molecule has 0 N–H and O–H groups in total. The third kappa shape index (κ3) is 4.96. The van der Waals surface area contributed by atoms with Crippen LogP contribution in [0.2, 0.25) is 0 Å². The summed E-state index contributed by atoms with van der Waals surface area (Å²) in [6.07, 6.45) is 8.66. The number of hydrogen-bond acceptors (Lipinski definition) is 2. The predicted molar refractivity (Wildman–Crippen MR) is 107 cm³/mol. The number of rotatable bonds is 5. The summed E-state index contributed by atoms with van der Waals surface area (Å²) < 4.78 is 23.3. The molecule has 0 aliphatic heterocycles. The van der Waals surface area contributed by atoms with Crippen LogP contribution in [0.1, 0.15) is 39.2 Å². The average molecular weight is 377 g/mol. The van der Waals surface area contributed by atoms with E-state index in [1.54, 1.807) is 18.2 Å². The topological polar surface area (TPSA) is 34.1 Å². The van der Waals surface area contributed by atoms with Crippen molar-refractivity contribution in [2.75, 3.05) is 6.26 Å². The number of hydrogen-bond donors (Lipinski definition) is 0. The van der Waals surface area contributed by atoms with Gasteiger partial charge in [-0.2, -0.15) is 0 Å². The number of benzene rings is 1. The summed E-state index contributed by atoms with van der Waals surface area (Å²) in [7, 11) is -3.18. The van der Waals surface area contributed by atoms with Crippen molar-refractivity contribution in [3.8, 4) is 0 Å². The highest BCUT2D eigenvalue weighted by molar-refractivity contribution is 7.90. The molecule has 0 radical (unpaired) electrons. The first-order valence-electron chi connectivity index (χ1n) is 8.23. The van der Waals surface area contributed by atoms with Crippen molar-refractivity contribution in [2.24, 2.45) is 5.41 Å². The molecule has 1 aromatic carbocycles. The van der Waals surface area contributed by atoms with Crippen molar-refractivity contribution in [3.05, 3.63) is 70.8 Å². The van der Waals surface area contributed by atoms with Crippen molar-refractivity contribution in [1.82, 2.24) is 0 Å². The Morgan fingerprint density at radius 1 is 1.16 bits per heavy atom. The lowest BCUT2D eigenvalue weighted by molar-refractivity contribution is 0.398. The Morgan fingerprint density at radius 3 is 2.28 bits per heavy atom. The van der Waals surface area contributed by atoms with Gasteiger partial charge in [0.05, 0.1) is 4.90 Å². The summed E-state index contributed by atoms with van der Waals surface area (Å²) in [5, 5.41) is 0.608. The first-order valence-corrected chi connectivity index (χ1v) is 10.5. The second-order valence-electron chi connectivity index (χ2n) is 7.38. The van der Waals surface area contributed by atoms with Gasteiger partial charge in [-0.3, -0.25) is 0 Å². The van der Waals surface area contributed by atoms with E-state index in [0.717, 1.165) is 18.4 Å². The Kier molecular flexibility index (Phi) is 5.80. The zero-order valence-electron chi connectivity index (χ0n) is 15.3. The van der Waals surface area contributed by atoms with E-state index in [0.29, 0.717) is 9.93 Å². The van der Waals surface area contributed by atoms with Gasteiger partial charge in [-0.1, -0.05) is 56.3 Å². The Balaban J connectivity index is 2.48. The van der Waals surface area contributed by atoms with E-state index in [-0.39, 0.29) is 5.41 Å². The van der Waals surface area contributed by atoms with E-state index in [9.17, 15) is 8.42 Å². The first-order chi connectivity index (χ1) is 11.5. The van der Waals surface area contributed by atoms with E-state index in [2.05, 4.69) is 27.4 Å². The molecule has 0 amide bonds. The summed E-state index contributed by atoms with van der Waals surface area (Å²) >= 11 is 6.01. The highest BCUT2D eigenvalue weighted by Crippen LogP contribution is 2.48. The van der Waals surface area contributed by atoms with Gasteiger partial charge in [-0.05, 0) is 65.7 Å². The number of allylic oxidation sites excluding steroid dienone is 7. The molecule has 0 bridgehead atoms. The maximum atomic E-state index is 11.7. The predicted octanol–water partition coefficient (Wildman–Crippen LogP) is 5.92.